The molecule has 1 aromatic heterocycles. The van der Waals surface area contributed by atoms with Gasteiger partial charge in [-0.3, -0.25) is 4.79 Å². The number of nitriles is 1. The lowest BCUT2D eigenvalue weighted by molar-refractivity contribution is -0.137. The minimum atomic E-state index is -0.964. The Labute approximate surface area is 81.0 Å². The van der Waals surface area contributed by atoms with Crippen LogP contribution < -0.4 is 5.32 Å². The number of carbonyl (C=O) groups is 1. The van der Waals surface area contributed by atoms with E-state index in [-0.39, 0.29) is 5.69 Å². The highest BCUT2D eigenvalue weighted by atomic mass is 16.4. The molecule has 0 spiro atoms. The molecule has 0 amide bonds. The van der Waals surface area contributed by atoms with Gasteiger partial charge in [0, 0.05) is 0 Å². The second-order valence-corrected chi connectivity index (χ2v) is 2.72. The number of nitrogens with zero attached hydrogens (tertiary/aromatic N) is 2. The van der Waals surface area contributed by atoms with Crippen molar-refractivity contribution in [2.24, 2.45) is 0 Å². The molecular weight excluding hydrogens is 182 g/mol. The molecule has 0 radical (unpaired) electrons. The molecule has 0 aliphatic carbocycles. The van der Waals surface area contributed by atoms with Crippen LogP contribution in [0.5, 0.6) is 0 Å². The van der Waals surface area contributed by atoms with Crippen LogP contribution >= 0.6 is 0 Å². The van der Waals surface area contributed by atoms with E-state index in [1.165, 1.54) is 6.92 Å². The van der Waals surface area contributed by atoms with Crippen molar-refractivity contribution in [1.29, 1.82) is 5.26 Å². The highest BCUT2D eigenvalue weighted by Gasteiger charge is 2.10. The summed E-state index contributed by atoms with van der Waals surface area (Å²) in [5.74, 6) is -0.576. The number of hydrogen-bond donors (Lipinski definition) is 2. The summed E-state index contributed by atoms with van der Waals surface area (Å²) in [6, 6.07) is 5.95. The van der Waals surface area contributed by atoms with Crippen molar-refractivity contribution < 1.29 is 9.90 Å². The fourth-order valence-corrected chi connectivity index (χ4v) is 0.861. The number of hydrogen-bond acceptors (Lipinski definition) is 4. The number of anilines is 1. The third-order valence-corrected chi connectivity index (χ3v) is 1.60. The molecule has 5 nitrogen and oxygen atoms in total. The predicted molar refractivity (Wildman–Crippen MR) is 49.7 cm³/mol. The number of carboxylic acid groups (broad SMARTS) is 1. The minimum absolute atomic E-state index is 0.257. The van der Waals surface area contributed by atoms with Crippen LogP contribution in [0.3, 0.4) is 0 Å². The van der Waals surface area contributed by atoms with Crippen molar-refractivity contribution in [3.05, 3.63) is 23.9 Å². The van der Waals surface area contributed by atoms with Gasteiger partial charge >= 0.3 is 5.97 Å². The Balaban J connectivity index is 2.78. The number of aliphatic carboxylic acids is 1. The number of nitrogens with one attached hydrogen (secondary N) is 1. The summed E-state index contributed by atoms with van der Waals surface area (Å²) >= 11 is 0. The first-order valence-corrected chi connectivity index (χ1v) is 4.00. The van der Waals surface area contributed by atoms with Crippen molar-refractivity contribution in [2.45, 2.75) is 13.0 Å². The Hall–Kier alpha value is -2.09. The lowest BCUT2D eigenvalue weighted by Crippen LogP contribution is -2.25. The molecule has 1 atom stereocenters. The zero-order valence-electron chi connectivity index (χ0n) is 7.56. The molecule has 0 saturated heterocycles. The number of aromatic nitrogens is 1. The smallest absolute Gasteiger partial charge is 0.325 e. The first-order chi connectivity index (χ1) is 6.63. The molecule has 1 unspecified atom stereocenters. The standard InChI is InChI=1S/C9H9N3O2/c1-6(9(13)14)11-8-4-2-3-7(5-10)12-8/h2-4,6H,1H3,(H,11,12)(H,13,14). The maximum absolute atomic E-state index is 10.5. The number of rotatable bonds is 3. The first kappa shape index (κ1) is 9.99. The van der Waals surface area contributed by atoms with Gasteiger partial charge in [-0.25, -0.2) is 4.98 Å². The first-order valence-electron chi connectivity index (χ1n) is 4.00. The number of pyridine rings is 1. The topological polar surface area (TPSA) is 86.0 Å². The maximum atomic E-state index is 10.5. The second-order valence-electron chi connectivity index (χ2n) is 2.72. The highest BCUT2D eigenvalue weighted by Crippen LogP contribution is 2.05. The van der Waals surface area contributed by atoms with Gasteiger partial charge in [0.15, 0.2) is 0 Å². The van der Waals surface area contributed by atoms with Crippen LogP contribution in [0.1, 0.15) is 12.6 Å². The van der Waals surface area contributed by atoms with Crippen LogP contribution in [0, 0.1) is 11.3 Å². The molecule has 2 N–H and O–H groups in total. The van der Waals surface area contributed by atoms with Gasteiger partial charge in [-0.15, -0.1) is 0 Å². The lowest BCUT2D eigenvalue weighted by Gasteiger charge is -2.09. The summed E-state index contributed by atoms with van der Waals surface area (Å²) in [4.78, 5) is 14.4. The highest BCUT2D eigenvalue weighted by molar-refractivity contribution is 5.76. The van der Waals surface area contributed by atoms with E-state index in [4.69, 9.17) is 10.4 Å². The molecule has 1 heterocycles. The second kappa shape index (κ2) is 4.23. The third kappa shape index (κ3) is 2.45. The van der Waals surface area contributed by atoms with Gasteiger partial charge < -0.3 is 10.4 Å². The zero-order chi connectivity index (χ0) is 10.6. The SMILES string of the molecule is CC(Nc1cccc(C#N)n1)C(=O)O. The Morgan fingerprint density at radius 1 is 1.71 bits per heavy atom. The van der Waals surface area contributed by atoms with Crippen LogP contribution in [-0.2, 0) is 4.79 Å². The van der Waals surface area contributed by atoms with Gasteiger partial charge in [-0.2, -0.15) is 5.26 Å². The van der Waals surface area contributed by atoms with Gasteiger partial charge in [0.25, 0.3) is 0 Å². The minimum Gasteiger partial charge on any atom is -0.480 e. The molecule has 0 bridgehead atoms. The quantitative estimate of drug-likeness (QED) is 0.739. The Bertz CT molecular complexity index is 384. The van der Waals surface area contributed by atoms with Crippen molar-refractivity contribution in [1.82, 2.24) is 4.98 Å². The molecule has 0 fully saturated rings. The molecule has 0 aliphatic rings. The summed E-state index contributed by atoms with van der Waals surface area (Å²) in [5, 5.41) is 19.8. The van der Waals surface area contributed by atoms with E-state index in [0.717, 1.165) is 0 Å². The molecule has 72 valence electrons. The fraction of sp³-hybridized carbons (Fsp3) is 0.222. The maximum Gasteiger partial charge on any atom is 0.325 e. The summed E-state index contributed by atoms with van der Waals surface area (Å²) in [7, 11) is 0. The van der Waals surface area contributed by atoms with Crippen LogP contribution in [0.4, 0.5) is 5.82 Å². The van der Waals surface area contributed by atoms with Crippen molar-refractivity contribution in [2.75, 3.05) is 5.32 Å². The Morgan fingerprint density at radius 3 is 3.00 bits per heavy atom. The third-order valence-electron chi connectivity index (χ3n) is 1.60. The Kier molecular flexibility index (Phi) is 3.02. The van der Waals surface area contributed by atoms with Crippen molar-refractivity contribution in [3.8, 4) is 6.07 Å². The molecule has 1 rings (SSSR count). The van der Waals surface area contributed by atoms with E-state index in [1.54, 1.807) is 18.2 Å². The number of carboxylic acids is 1. The van der Waals surface area contributed by atoms with Crippen LogP contribution in [0.2, 0.25) is 0 Å². The van der Waals surface area contributed by atoms with E-state index in [0.29, 0.717) is 5.82 Å². The van der Waals surface area contributed by atoms with Gasteiger partial charge in [0.2, 0.25) is 0 Å². The molecule has 5 heteroatoms. The van der Waals surface area contributed by atoms with Crippen LogP contribution in [0.15, 0.2) is 18.2 Å². The van der Waals surface area contributed by atoms with Crippen LogP contribution in [0.25, 0.3) is 0 Å². The van der Waals surface area contributed by atoms with Gasteiger partial charge in [0.05, 0.1) is 0 Å². The molecule has 0 aromatic carbocycles. The molecule has 14 heavy (non-hydrogen) atoms. The van der Waals surface area contributed by atoms with E-state index in [2.05, 4.69) is 10.3 Å². The van der Waals surface area contributed by atoms with E-state index in [9.17, 15) is 4.79 Å². The average molecular weight is 191 g/mol. The molecular formula is C9H9N3O2. The van der Waals surface area contributed by atoms with Gasteiger partial charge in [0.1, 0.15) is 23.6 Å². The van der Waals surface area contributed by atoms with E-state index in [1.807, 2.05) is 6.07 Å². The molecule has 0 saturated carbocycles. The summed E-state index contributed by atoms with van der Waals surface area (Å²) in [6.45, 7) is 1.50. The summed E-state index contributed by atoms with van der Waals surface area (Å²) in [6.07, 6.45) is 0. The Morgan fingerprint density at radius 2 is 2.43 bits per heavy atom. The van der Waals surface area contributed by atoms with Gasteiger partial charge in [-0.1, -0.05) is 6.07 Å². The van der Waals surface area contributed by atoms with Crippen molar-refractivity contribution in [3.63, 3.8) is 0 Å². The summed E-state index contributed by atoms with van der Waals surface area (Å²) in [5.41, 5.74) is 0.257. The molecule has 1 aromatic rings. The van der Waals surface area contributed by atoms with E-state index < -0.39 is 12.0 Å². The molecule has 0 aliphatic heterocycles. The predicted octanol–water partition coefficient (Wildman–Crippen LogP) is 0.838. The van der Waals surface area contributed by atoms with Crippen molar-refractivity contribution >= 4 is 11.8 Å². The van der Waals surface area contributed by atoms with E-state index >= 15 is 0 Å². The monoisotopic (exact) mass is 191 g/mol. The van der Waals surface area contributed by atoms with Crippen LogP contribution in [-0.4, -0.2) is 22.1 Å². The fourth-order valence-electron chi connectivity index (χ4n) is 0.861. The lowest BCUT2D eigenvalue weighted by atomic mass is 10.3. The summed E-state index contributed by atoms with van der Waals surface area (Å²) < 4.78 is 0. The largest absolute Gasteiger partial charge is 0.480 e. The average Bonchev–Trinajstić information content (AvgIpc) is 2.18. The zero-order valence-corrected chi connectivity index (χ0v) is 7.56. The normalized spacial score (nSPS) is 11.4. The van der Waals surface area contributed by atoms with Gasteiger partial charge in [-0.05, 0) is 19.1 Å².